The Labute approximate surface area is 124 Å². The van der Waals surface area contributed by atoms with Gasteiger partial charge in [-0.1, -0.05) is 30.3 Å². The molecule has 0 unspecified atom stereocenters. The molecule has 1 atom stereocenters. The number of nitrogens with two attached hydrogens (primary N) is 1. The van der Waals surface area contributed by atoms with Gasteiger partial charge in [-0.25, -0.2) is 0 Å². The predicted molar refractivity (Wildman–Crippen MR) is 84.3 cm³/mol. The Hall–Kier alpha value is -2.33. The highest BCUT2D eigenvalue weighted by Gasteiger charge is 2.10. The first-order valence-corrected chi connectivity index (χ1v) is 6.90. The number of para-hydroxylation sites is 1. The van der Waals surface area contributed by atoms with Gasteiger partial charge >= 0.3 is 0 Å². The minimum Gasteiger partial charge on any atom is -0.483 e. The van der Waals surface area contributed by atoms with Crippen LogP contribution in [0.3, 0.4) is 0 Å². The molecular formula is C17H20N2O2. The molecule has 21 heavy (non-hydrogen) atoms. The van der Waals surface area contributed by atoms with E-state index < -0.39 is 0 Å². The lowest BCUT2D eigenvalue weighted by Gasteiger charge is -2.14. The third kappa shape index (κ3) is 4.33. The fraction of sp³-hybridized carbons (Fsp3) is 0.235. The van der Waals surface area contributed by atoms with Gasteiger partial charge in [-0.15, -0.1) is 0 Å². The molecule has 2 rings (SSSR count). The lowest BCUT2D eigenvalue weighted by Crippen LogP contribution is -2.21. The van der Waals surface area contributed by atoms with Gasteiger partial charge in [-0.05, 0) is 37.6 Å². The molecule has 0 saturated heterocycles. The van der Waals surface area contributed by atoms with Crippen molar-refractivity contribution in [2.24, 2.45) is 5.73 Å². The molecule has 2 aromatic rings. The average Bonchev–Trinajstić information content (AvgIpc) is 2.46. The molecule has 0 fully saturated rings. The van der Waals surface area contributed by atoms with E-state index in [-0.39, 0.29) is 18.6 Å². The Morgan fingerprint density at radius 1 is 1.24 bits per heavy atom. The van der Waals surface area contributed by atoms with Gasteiger partial charge < -0.3 is 15.8 Å². The van der Waals surface area contributed by atoms with Crippen molar-refractivity contribution >= 4 is 11.6 Å². The Kier molecular flexibility index (Phi) is 4.95. The van der Waals surface area contributed by atoms with E-state index in [0.29, 0.717) is 5.75 Å². The maximum atomic E-state index is 11.9. The Balaban J connectivity index is 1.99. The molecule has 4 heteroatoms. The number of anilines is 1. The van der Waals surface area contributed by atoms with Crippen molar-refractivity contribution in [3.05, 3.63) is 59.7 Å². The van der Waals surface area contributed by atoms with Crippen LogP contribution < -0.4 is 15.8 Å². The number of carbonyl (C=O) groups excluding carboxylic acids is 1. The number of amides is 1. The van der Waals surface area contributed by atoms with Gasteiger partial charge in [0.05, 0.1) is 0 Å². The van der Waals surface area contributed by atoms with Gasteiger partial charge in [0.1, 0.15) is 5.75 Å². The van der Waals surface area contributed by atoms with Crippen LogP contribution in [0.25, 0.3) is 0 Å². The van der Waals surface area contributed by atoms with Crippen molar-refractivity contribution in [2.45, 2.75) is 19.9 Å². The van der Waals surface area contributed by atoms with Crippen LogP contribution in [0.15, 0.2) is 48.5 Å². The summed E-state index contributed by atoms with van der Waals surface area (Å²) in [5.74, 6) is 0.464. The van der Waals surface area contributed by atoms with Crippen LogP contribution in [0.1, 0.15) is 24.1 Å². The largest absolute Gasteiger partial charge is 0.483 e. The fourth-order valence-electron chi connectivity index (χ4n) is 2.00. The molecule has 0 saturated carbocycles. The molecule has 110 valence electrons. The summed E-state index contributed by atoms with van der Waals surface area (Å²) in [6.07, 6.45) is 0. The summed E-state index contributed by atoms with van der Waals surface area (Å²) >= 11 is 0. The molecule has 0 heterocycles. The zero-order valence-corrected chi connectivity index (χ0v) is 12.3. The first kappa shape index (κ1) is 15.1. The number of benzene rings is 2. The zero-order valence-electron chi connectivity index (χ0n) is 12.3. The van der Waals surface area contributed by atoms with E-state index in [2.05, 4.69) is 5.32 Å². The van der Waals surface area contributed by atoms with Crippen molar-refractivity contribution in [1.29, 1.82) is 0 Å². The highest BCUT2D eigenvalue weighted by atomic mass is 16.5. The molecular weight excluding hydrogens is 264 g/mol. The molecule has 0 aliphatic rings. The molecule has 2 aromatic carbocycles. The van der Waals surface area contributed by atoms with Crippen molar-refractivity contribution in [3.63, 3.8) is 0 Å². The number of aryl methyl sites for hydroxylation is 1. The van der Waals surface area contributed by atoms with Gasteiger partial charge in [0, 0.05) is 17.3 Å². The molecule has 4 nitrogen and oxygen atoms in total. The second kappa shape index (κ2) is 6.90. The van der Waals surface area contributed by atoms with E-state index in [1.807, 2.05) is 62.4 Å². The van der Waals surface area contributed by atoms with Crippen LogP contribution in [-0.2, 0) is 4.79 Å². The number of carbonyl (C=O) groups is 1. The topological polar surface area (TPSA) is 64.3 Å². The van der Waals surface area contributed by atoms with Gasteiger partial charge in [-0.2, -0.15) is 0 Å². The summed E-state index contributed by atoms with van der Waals surface area (Å²) < 4.78 is 5.62. The van der Waals surface area contributed by atoms with E-state index in [1.54, 1.807) is 0 Å². The number of hydrogen-bond acceptors (Lipinski definition) is 3. The van der Waals surface area contributed by atoms with Crippen molar-refractivity contribution < 1.29 is 9.53 Å². The van der Waals surface area contributed by atoms with Crippen LogP contribution in [0.5, 0.6) is 5.75 Å². The SMILES string of the molecule is Cc1ccc([C@H](C)N)c(OCC(=O)Nc2ccccc2)c1. The van der Waals surface area contributed by atoms with Gasteiger partial charge in [0.15, 0.2) is 6.61 Å². The lowest BCUT2D eigenvalue weighted by molar-refractivity contribution is -0.118. The Bertz CT molecular complexity index is 609. The van der Waals surface area contributed by atoms with Crippen LogP contribution in [0, 0.1) is 6.92 Å². The number of rotatable bonds is 5. The van der Waals surface area contributed by atoms with Gasteiger partial charge in [0.25, 0.3) is 5.91 Å². The van der Waals surface area contributed by atoms with Gasteiger partial charge in [-0.3, -0.25) is 4.79 Å². The van der Waals surface area contributed by atoms with Crippen LogP contribution in [0.2, 0.25) is 0 Å². The summed E-state index contributed by atoms with van der Waals surface area (Å²) in [7, 11) is 0. The minimum absolute atomic E-state index is 0.0436. The van der Waals surface area contributed by atoms with Crippen molar-refractivity contribution in [3.8, 4) is 5.75 Å². The molecule has 0 aliphatic heterocycles. The molecule has 0 bridgehead atoms. The van der Waals surface area contributed by atoms with E-state index in [1.165, 1.54) is 0 Å². The fourth-order valence-corrected chi connectivity index (χ4v) is 2.00. The quantitative estimate of drug-likeness (QED) is 0.887. The van der Waals surface area contributed by atoms with E-state index in [4.69, 9.17) is 10.5 Å². The molecule has 1 amide bonds. The van der Waals surface area contributed by atoms with Crippen LogP contribution in [-0.4, -0.2) is 12.5 Å². The molecule has 0 spiro atoms. The molecule has 0 aromatic heterocycles. The van der Waals surface area contributed by atoms with E-state index >= 15 is 0 Å². The highest BCUT2D eigenvalue weighted by molar-refractivity contribution is 5.91. The Morgan fingerprint density at radius 2 is 1.95 bits per heavy atom. The first-order chi connectivity index (χ1) is 10.1. The summed E-state index contributed by atoms with van der Waals surface area (Å²) in [5, 5.41) is 2.78. The molecule has 3 N–H and O–H groups in total. The summed E-state index contributed by atoms with van der Waals surface area (Å²) in [6, 6.07) is 15.0. The second-order valence-electron chi connectivity index (χ2n) is 5.03. The maximum Gasteiger partial charge on any atom is 0.262 e. The van der Waals surface area contributed by atoms with E-state index in [0.717, 1.165) is 16.8 Å². The summed E-state index contributed by atoms with van der Waals surface area (Å²) in [6.45, 7) is 3.82. The first-order valence-electron chi connectivity index (χ1n) is 6.90. The third-order valence-electron chi connectivity index (χ3n) is 3.08. The highest BCUT2D eigenvalue weighted by Crippen LogP contribution is 2.25. The minimum atomic E-state index is -0.196. The zero-order chi connectivity index (χ0) is 15.2. The molecule has 0 aliphatic carbocycles. The van der Waals surface area contributed by atoms with Crippen LogP contribution >= 0.6 is 0 Å². The summed E-state index contributed by atoms with van der Waals surface area (Å²) in [5.41, 5.74) is 8.63. The maximum absolute atomic E-state index is 11.9. The third-order valence-corrected chi connectivity index (χ3v) is 3.08. The lowest BCUT2D eigenvalue weighted by atomic mass is 10.1. The number of nitrogens with one attached hydrogen (secondary N) is 1. The monoisotopic (exact) mass is 284 g/mol. The summed E-state index contributed by atoms with van der Waals surface area (Å²) in [4.78, 5) is 11.9. The second-order valence-corrected chi connectivity index (χ2v) is 5.03. The van der Waals surface area contributed by atoms with Crippen molar-refractivity contribution in [2.75, 3.05) is 11.9 Å². The van der Waals surface area contributed by atoms with Gasteiger partial charge in [0.2, 0.25) is 0 Å². The van der Waals surface area contributed by atoms with E-state index in [9.17, 15) is 4.79 Å². The molecule has 0 radical (unpaired) electrons. The van der Waals surface area contributed by atoms with Crippen LogP contribution in [0.4, 0.5) is 5.69 Å². The normalized spacial score (nSPS) is 11.8. The van der Waals surface area contributed by atoms with Crippen molar-refractivity contribution in [1.82, 2.24) is 0 Å². The Morgan fingerprint density at radius 3 is 2.62 bits per heavy atom. The predicted octanol–water partition coefficient (Wildman–Crippen LogP) is 3.03. The number of ether oxygens (including phenoxy) is 1. The number of hydrogen-bond donors (Lipinski definition) is 2. The standard InChI is InChI=1S/C17H20N2O2/c1-12-8-9-15(13(2)18)16(10-12)21-11-17(20)19-14-6-4-3-5-7-14/h3-10,13H,11,18H2,1-2H3,(H,19,20)/t13-/m0/s1. The smallest absolute Gasteiger partial charge is 0.262 e. The average molecular weight is 284 g/mol.